The molecule has 4 heteroatoms. The second kappa shape index (κ2) is 6.35. The normalized spacial score (nSPS) is 11.1. The van der Waals surface area contributed by atoms with Gasteiger partial charge in [-0.2, -0.15) is 0 Å². The van der Waals surface area contributed by atoms with Gasteiger partial charge in [0, 0.05) is 28.7 Å². The molecule has 4 nitrogen and oxygen atoms in total. The van der Waals surface area contributed by atoms with E-state index in [1.165, 1.54) is 0 Å². The molecule has 0 atom stereocenters. The van der Waals surface area contributed by atoms with Crippen molar-refractivity contribution >= 4 is 27.4 Å². The number of aromatic nitrogens is 1. The number of nitro benzene ring substituents is 1. The Morgan fingerprint density at radius 1 is 0.679 bits per heavy atom. The number of fused-ring (bicyclic) bond motifs is 3. The summed E-state index contributed by atoms with van der Waals surface area (Å²) >= 11 is 0. The third-order valence-corrected chi connectivity index (χ3v) is 5.13. The molecule has 0 fully saturated rings. The first-order valence-corrected chi connectivity index (χ1v) is 9.06. The van der Waals surface area contributed by atoms with Crippen LogP contribution in [0.25, 0.3) is 38.5 Å². The van der Waals surface area contributed by atoms with Crippen molar-refractivity contribution in [3.8, 4) is 16.8 Å². The minimum atomic E-state index is -0.320. The molecule has 0 saturated heterocycles. The Kier molecular flexibility index (Phi) is 3.69. The molecule has 4 aromatic carbocycles. The summed E-state index contributed by atoms with van der Waals surface area (Å²) in [5, 5.41) is 14.7. The summed E-state index contributed by atoms with van der Waals surface area (Å²) in [6.45, 7) is 0. The Morgan fingerprint density at radius 2 is 1.43 bits per heavy atom. The lowest BCUT2D eigenvalue weighted by molar-refractivity contribution is -0.384. The molecule has 0 radical (unpaired) electrons. The third kappa shape index (κ3) is 2.47. The average molecular weight is 364 g/mol. The van der Waals surface area contributed by atoms with E-state index in [9.17, 15) is 10.1 Å². The fourth-order valence-electron chi connectivity index (χ4n) is 3.89. The lowest BCUT2D eigenvalue weighted by Crippen LogP contribution is -1.94. The van der Waals surface area contributed by atoms with Crippen LogP contribution in [-0.2, 0) is 0 Å². The molecule has 0 bridgehead atoms. The van der Waals surface area contributed by atoms with Crippen LogP contribution in [0.2, 0.25) is 0 Å². The van der Waals surface area contributed by atoms with Gasteiger partial charge in [0.1, 0.15) is 0 Å². The number of benzene rings is 4. The van der Waals surface area contributed by atoms with Gasteiger partial charge in [-0.1, -0.05) is 60.7 Å². The Morgan fingerprint density at radius 3 is 2.25 bits per heavy atom. The van der Waals surface area contributed by atoms with Crippen LogP contribution in [-0.4, -0.2) is 9.49 Å². The van der Waals surface area contributed by atoms with E-state index >= 15 is 0 Å². The minimum absolute atomic E-state index is 0.119. The highest BCUT2D eigenvalue weighted by molar-refractivity contribution is 6.12. The van der Waals surface area contributed by atoms with Gasteiger partial charge in [-0.25, -0.2) is 0 Å². The fourth-order valence-corrected chi connectivity index (χ4v) is 3.89. The molecule has 134 valence electrons. The van der Waals surface area contributed by atoms with Crippen LogP contribution in [0.1, 0.15) is 0 Å². The molecule has 5 rings (SSSR count). The van der Waals surface area contributed by atoms with Crippen molar-refractivity contribution in [3.05, 3.63) is 107 Å². The van der Waals surface area contributed by atoms with Crippen LogP contribution < -0.4 is 0 Å². The molecule has 0 N–H and O–H groups in total. The predicted molar refractivity (Wildman–Crippen MR) is 113 cm³/mol. The molecule has 1 aromatic heterocycles. The van der Waals surface area contributed by atoms with Gasteiger partial charge in [0.2, 0.25) is 0 Å². The van der Waals surface area contributed by atoms with Gasteiger partial charge >= 0.3 is 0 Å². The van der Waals surface area contributed by atoms with Crippen molar-refractivity contribution in [2.45, 2.75) is 0 Å². The summed E-state index contributed by atoms with van der Waals surface area (Å²) in [7, 11) is 0. The van der Waals surface area contributed by atoms with E-state index in [0.717, 1.165) is 32.9 Å². The van der Waals surface area contributed by atoms with Crippen LogP contribution >= 0.6 is 0 Å². The highest BCUT2D eigenvalue weighted by Crippen LogP contribution is 2.37. The maximum Gasteiger partial charge on any atom is 0.277 e. The Hall–Kier alpha value is -3.92. The number of rotatable bonds is 3. The Labute approximate surface area is 161 Å². The molecule has 1 heterocycles. The summed E-state index contributed by atoms with van der Waals surface area (Å²) in [4.78, 5) is 11.2. The molecule has 0 unspecified atom stereocenters. The Bertz CT molecular complexity index is 1340. The molecule has 5 aromatic rings. The van der Waals surface area contributed by atoms with Crippen LogP contribution in [0.5, 0.6) is 0 Å². The molecule has 0 aliphatic heterocycles. The Balaban J connectivity index is 1.85. The standard InChI is InChI=1S/C24H16N2O2/c27-26(28)23-12-5-4-9-21(23)19-10-6-11-22-20(19)14-13-17-15-16-25(24(17)22)18-7-2-1-3-8-18/h1-16H. The second-order valence-electron chi connectivity index (χ2n) is 6.70. The first-order chi connectivity index (χ1) is 13.7. The van der Waals surface area contributed by atoms with Gasteiger partial charge in [0.25, 0.3) is 5.69 Å². The van der Waals surface area contributed by atoms with Crippen molar-refractivity contribution in [2.24, 2.45) is 0 Å². The maximum atomic E-state index is 11.5. The van der Waals surface area contributed by atoms with Crippen LogP contribution in [0.15, 0.2) is 97.2 Å². The number of hydrogen-bond donors (Lipinski definition) is 0. The molecular formula is C24H16N2O2. The summed E-state index contributed by atoms with van der Waals surface area (Å²) in [6.07, 6.45) is 2.07. The minimum Gasteiger partial charge on any atom is -0.316 e. The molecule has 0 aliphatic rings. The first-order valence-electron chi connectivity index (χ1n) is 9.06. The zero-order chi connectivity index (χ0) is 19.1. The third-order valence-electron chi connectivity index (χ3n) is 5.13. The molecule has 0 aliphatic carbocycles. The topological polar surface area (TPSA) is 48.1 Å². The summed E-state index contributed by atoms with van der Waals surface area (Å²) in [6, 6.07) is 29.3. The highest BCUT2D eigenvalue weighted by Gasteiger charge is 2.17. The molecule has 0 spiro atoms. The smallest absolute Gasteiger partial charge is 0.277 e. The lowest BCUT2D eigenvalue weighted by atomic mass is 9.96. The summed E-state index contributed by atoms with van der Waals surface area (Å²) in [5.74, 6) is 0. The molecule has 28 heavy (non-hydrogen) atoms. The number of hydrogen-bond acceptors (Lipinski definition) is 2. The largest absolute Gasteiger partial charge is 0.316 e. The lowest BCUT2D eigenvalue weighted by Gasteiger charge is -2.11. The SMILES string of the molecule is O=[N+]([O-])c1ccccc1-c1cccc2c1ccc1ccn(-c3ccccc3)c12. The zero-order valence-corrected chi connectivity index (χ0v) is 14.9. The van der Waals surface area contributed by atoms with Gasteiger partial charge in [0.05, 0.1) is 16.0 Å². The van der Waals surface area contributed by atoms with Crippen LogP contribution in [0, 0.1) is 10.1 Å². The monoisotopic (exact) mass is 364 g/mol. The van der Waals surface area contributed by atoms with E-state index in [1.807, 2.05) is 42.5 Å². The van der Waals surface area contributed by atoms with Crippen molar-refractivity contribution in [3.63, 3.8) is 0 Å². The van der Waals surface area contributed by atoms with Gasteiger partial charge < -0.3 is 4.57 Å². The molecule has 0 saturated carbocycles. The van der Waals surface area contributed by atoms with Gasteiger partial charge in [-0.05, 0) is 35.2 Å². The van der Waals surface area contributed by atoms with Gasteiger partial charge in [-0.15, -0.1) is 0 Å². The number of para-hydroxylation sites is 2. The quantitative estimate of drug-likeness (QED) is 0.276. The predicted octanol–water partition coefficient (Wildman–Crippen LogP) is 6.36. The van der Waals surface area contributed by atoms with E-state index in [0.29, 0.717) is 5.56 Å². The summed E-state index contributed by atoms with van der Waals surface area (Å²) < 4.78 is 2.17. The van der Waals surface area contributed by atoms with Crippen LogP contribution in [0.3, 0.4) is 0 Å². The van der Waals surface area contributed by atoms with E-state index < -0.39 is 0 Å². The average Bonchev–Trinajstić information content (AvgIpc) is 3.18. The van der Waals surface area contributed by atoms with Crippen molar-refractivity contribution in [1.29, 1.82) is 0 Å². The van der Waals surface area contributed by atoms with E-state index in [4.69, 9.17) is 0 Å². The molecule has 0 amide bonds. The highest BCUT2D eigenvalue weighted by atomic mass is 16.6. The van der Waals surface area contributed by atoms with Crippen molar-refractivity contribution in [1.82, 2.24) is 4.57 Å². The second-order valence-corrected chi connectivity index (χ2v) is 6.70. The van der Waals surface area contributed by atoms with Gasteiger partial charge in [0.15, 0.2) is 0 Å². The number of nitrogens with zero attached hydrogens (tertiary/aromatic N) is 2. The van der Waals surface area contributed by atoms with Gasteiger partial charge in [-0.3, -0.25) is 10.1 Å². The first kappa shape index (κ1) is 16.3. The van der Waals surface area contributed by atoms with Crippen molar-refractivity contribution in [2.75, 3.05) is 0 Å². The number of nitro groups is 1. The van der Waals surface area contributed by atoms with E-state index in [1.54, 1.807) is 12.1 Å². The van der Waals surface area contributed by atoms with E-state index in [-0.39, 0.29) is 10.6 Å². The van der Waals surface area contributed by atoms with E-state index in [2.05, 4.69) is 47.2 Å². The summed E-state index contributed by atoms with van der Waals surface area (Å²) in [5.41, 5.74) is 3.81. The zero-order valence-electron chi connectivity index (χ0n) is 14.9. The van der Waals surface area contributed by atoms with Crippen LogP contribution in [0.4, 0.5) is 5.69 Å². The fraction of sp³-hybridized carbons (Fsp3) is 0. The van der Waals surface area contributed by atoms with Crippen molar-refractivity contribution < 1.29 is 4.92 Å². The molecular weight excluding hydrogens is 348 g/mol. The maximum absolute atomic E-state index is 11.5.